The number of benzene rings is 2. The summed E-state index contributed by atoms with van der Waals surface area (Å²) >= 11 is 11.6. The molecule has 0 atom stereocenters. The number of nitrogens with one attached hydrogen (secondary N) is 2. The second-order valence-corrected chi connectivity index (χ2v) is 5.52. The highest BCUT2D eigenvalue weighted by molar-refractivity contribution is 6.31. The predicted molar refractivity (Wildman–Crippen MR) is 88.8 cm³/mol. The summed E-state index contributed by atoms with van der Waals surface area (Å²) in [6, 6.07) is 11.5. The number of ether oxygens (including phenoxy) is 1. The van der Waals surface area contributed by atoms with Crippen LogP contribution in [0.3, 0.4) is 0 Å². The van der Waals surface area contributed by atoms with Gasteiger partial charge in [0.05, 0.1) is 19.1 Å². The number of hydrogen-bond donors (Lipinski definition) is 2. The third-order valence-corrected chi connectivity index (χ3v) is 3.49. The van der Waals surface area contributed by atoms with Crippen molar-refractivity contribution in [3.8, 4) is 5.75 Å². The third kappa shape index (κ3) is 4.87. The van der Waals surface area contributed by atoms with E-state index < -0.39 is 5.91 Å². The van der Waals surface area contributed by atoms with Crippen LogP contribution in [0.5, 0.6) is 5.75 Å². The highest BCUT2D eigenvalue weighted by Gasteiger charge is 2.13. The molecule has 2 amide bonds. The molecule has 0 bridgehead atoms. The van der Waals surface area contributed by atoms with Gasteiger partial charge in [-0.05, 0) is 35.9 Å². The molecule has 0 unspecified atom stereocenters. The number of carbonyl (C=O) groups excluding carboxylic acids is 2. The van der Waals surface area contributed by atoms with E-state index in [9.17, 15) is 9.59 Å². The molecule has 0 saturated carbocycles. The highest BCUT2D eigenvalue weighted by Crippen LogP contribution is 2.22. The van der Waals surface area contributed by atoms with Gasteiger partial charge < -0.3 is 4.74 Å². The van der Waals surface area contributed by atoms with Gasteiger partial charge in [0.1, 0.15) is 5.75 Å². The number of hydrazine groups is 1. The van der Waals surface area contributed by atoms with Crippen LogP contribution in [-0.4, -0.2) is 18.9 Å². The molecule has 0 spiro atoms. The lowest BCUT2D eigenvalue weighted by molar-refractivity contribution is -0.121. The number of amides is 2. The second-order valence-electron chi connectivity index (χ2n) is 4.65. The molecule has 2 N–H and O–H groups in total. The van der Waals surface area contributed by atoms with Crippen LogP contribution >= 0.6 is 23.2 Å². The maximum Gasteiger partial charge on any atom is 0.273 e. The number of hydrogen-bond acceptors (Lipinski definition) is 3. The number of methoxy groups -OCH3 is 1. The molecule has 0 radical (unpaired) electrons. The van der Waals surface area contributed by atoms with Crippen molar-refractivity contribution < 1.29 is 14.3 Å². The fourth-order valence-electron chi connectivity index (χ4n) is 1.88. The first-order valence-corrected chi connectivity index (χ1v) is 7.42. The number of carbonyl (C=O) groups is 2. The van der Waals surface area contributed by atoms with E-state index in [0.717, 1.165) is 5.56 Å². The quantitative estimate of drug-likeness (QED) is 0.831. The van der Waals surface area contributed by atoms with Crippen molar-refractivity contribution in [2.45, 2.75) is 6.42 Å². The van der Waals surface area contributed by atoms with Crippen LogP contribution in [0.15, 0.2) is 42.5 Å². The second kappa shape index (κ2) is 7.85. The van der Waals surface area contributed by atoms with Crippen LogP contribution in [0.4, 0.5) is 0 Å². The van der Waals surface area contributed by atoms with Crippen molar-refractivity contribution in [2.75, 3.05) is 7.11 Å². The maximum atomic E-state index is 12.1. The lowest BCUT2D eigenvalue weighted by Gasteiger charge is -2.10. The molecule has 0 aliphatic heterocycles. The van der Waals surface area contributed by atoms with Gasteiger partial charge in [0.25, 0.3) is 5.91 Å². The molecule has 2 aromatic rings. The van der Waals surface area contributed by atoms with E-state index in [4.69, 9.17) is 27.9 Å². The minimum Gasteiger partial charge on any atom is -0.496 e. The molecule has 2 aromatic carbocycles. The molecular weight excluding hydrogens is 339 g/mol. The topological polar surface area (TPSA) is 67.4 Å². The molecule has 0 heterocycles. The highest BCUT2D eigenvalue weighted by atomic mass is 35.5. The summed E-state index contributed by atoms with van der Waals surface area (Å²) < 4.78 is 5.09. The molecule has 5 nitrogen and oxygen atoms in total. The summed E-state index contributed by atoms with van der Waals surface area (Å²) in [5, 5.41) is 1.04. The van der Waals surface area contributed by atoms with Gasteiger partial charge in [0.2, 0.25) is 5.91 Å². The molecule has 120 valence electrons. The SMILES string of the molecule is COc1cc(Cl)ccc1C(=O)NNC(=O)Cc1ccc(Cl)cc1. The molecule has 7 heteroatoms. The Morgan fingerprint density at radius 1 is 1.00 bits per heavy atom. The van der Waals surface area contributed by atoms with Gasteiger partial charge >= 0.3 is 0 Å². The molecular formula is C16H14Cl2N2O3. The Labute approximate surface area is 143 Å². The van der Waals surface area contributed by atoms with E-state index >= 15 is 0 Å². The zero-order valence-corrected chi connectivity index (χ0v) is 13.7. The van der Waals surface area contributed by atoms with E-state index in [-0.39, 0.29) is 17.9 Å². The van der Waals surface area contributed by atoms with Crippen molar-refractivity contribution in [3.05, 3.63) is 63.6 Å². The fourth-order valence-corrected chi connectivity index (χ4v) is 2.17. The Kier molecular flexibility index (Phi) is 5.84. The van der Waals surface area contributed by atoms with Crippen LogP contribution in [0, 0.1) is 0 Å². The van der Waals surface area contributed by atoms with Crippen LogP contribution < -0.4 is 15.6 Å². The third-order valence-electron chi connectivity index (χ3n) is 3.00. The summed E-state index contributed by atoms with van der Waals surface area (Å²) in [6.45, 7) is 0. The predicted octanol–water partition coefficient (Wildman–Crippen LogP) is 3.01. The van der Waals surface area contributed by atoms with Gasteiger partial charge in [0.15, 0.2) is 0 Å². The van der Waals surface area contributed by atoms with E-state index in [1.165, 1.54) is 19.2 Å². The molecule has 0 aromatic heterocycles. The van der Waals surface area contributed by atoms with Gasteiger partial charge in [-0.25, -0.2) is 0 Å². The van der Waals surface area contributed by atoms with Crippen LogP contribution in [0.1, 0.15) is 15.9 Å². The summed E-state index contributed by atoms with van der Waals surface area (Å²) in [4.78, 5) is 23.9. The summed E-state index contributed by atoms with van der Waals surface area (Å²) in [7, 11) is 1.43. The molecule has 0 saturated heterocycles. The van der Waals surface area contributed by atoms with Crippen molar-refractivity contribution in [1.82, 2.24) is 10.9 Å². The van der Waals surface area contributed by atoms with Crippen LogP contribution in [-0.2, 0) is 11.2 Å². The fraction of sp³-hybridized carbons (Fsp3) is 0.125. The van der Waals surface area contributed by atoms with Gasteiger partial charge in [-0.2, -0.15) is 0 Å². The minimum absolute atomic E-state index is 0.120. The first kappa shape index (κ1) is 17.1. The van der Waals surface area contributed by atoms with Gasteiger partial charge in [-0.3, -0.25) is 20.4 Å². The van der Waals surface area contributed by atoms with Crippen LogP contribution in [0.2, 0.25) is 10.0 Å². The zero-order valence-electron chi connectivity index (χ0n) is 12.2. The monoisotopic (exact) mass is 352 g/mol. The average molecular weight is 353 g/mol. The Balaban J connectivity index is 1.93. The lowest BCUT2D eigenvalue weighted by atomic mass is 10.1. The van der Waals surface area contributed by atoms with E-state index in [0.29, 0.717) is 15.8 Å². The summed E-state index contributed by atoms with van der Waals surface area (Å²) in [5.74, 6) is -0.529. The number of rotatable bonds is 4. The Hall–Kier alpha value is -2.24. The van der Waals surface area contributed by atoms with Gasteiger partial charge in [0, 0.05) is 10.0 Å². The Morgan fingerprint density at radius 3 is 2.30 bits per heavy atom. The summed E-state index contributed by atoms with van der Waals surface area (Å²) in [5.41, 5.74) is 5.74. The molecule has 0 aliphatic rings. The summed E-state index contributed by atoms with van der Waals surface area (Å²) in [6.07, 6.45) is 0.120. The van der Waals surface area contributed by atoms with Crippen molar-refractivity contribution in [1.29, 1.82) is 0 Å². The van der Waals surface area contributed by atoms with Crippen LogP contribution in [0.25, 0.3) is 0 Å². The van der Waals surface area contributed by atoms with E-state index in [2.05, 4.69) is 10.9 Å². The largest absolute Gasteiger partial charge is 0.496 e. The molecule has 23 heavy (non-hydrogen) atoms. The molecule has 2 rings (SSSR count). The Bertz CT molecular complexity index is 718. The maximum absolute atomic E-state index is 12.1. The van der Waals surface area contributed by atoms with Crippen molar-refractivity contribution in [2.24, 2.45) is 0 Å². The molecule has 0 fully saturated rings. The molecule has 0 aliphatic carbocycles. The Morgan fingerprint density at radius 2 is 1.65 bits per heavy atom. The first-order valence-electron chi connectivity index (χ1n) is 6.67. The number of halogens is 2. The average Bonchev–Trinajstić information content (AvgIpc) is 2.54. The van der Waals surface area contributed by atoms with Gasteiger partial charge in [-0.1, -0.05) is 35.3 Å². The smallest absolute Gasteiger partial charge is 0.273 e. The van der Waals surface area contributed by atoms with E-state index in [1.54, 1.807) is 30.3 Å². The lowest BCUT2D eigenvalue weighted by Crippen LogP contribution is -2.42. The minimum atomic E-state index is -0.497. The normalized spacial score (nSPS) is 10.0. The standard InChI is InChI=1S/C16H14Cl2N2O3/c1-23-14-9-12(18)6-7-13(14)16(22)20-19-15(21)8-10-2-4-11(17)5-3-10/h2-7,9H,8H2,1H3,(H,19,21)(H,20,22). The van der Waals surface area contributed by atoms with Gasteiger partial charge in [-0.15, -0.1) is 0 Å². The van der Waals surface area contributed by atoms with E-state index in [1.807, 2.05) is 0 Å². The van der Waals surface area contributed by atoms with Crippen molar-refractivity contribution in [3.63, 3.8) is 0 Å². The van der Waals surface area contributed by atoms with Crippen molar-refractivity contribution >= 4 is 35.0 Å². The zero-order chi connectivity index (χ0) is 16.8. The first-order chi connectivity index (χ1) is 11.0.